The van der Waals surface area contributed by atoms with Gasteiger partial charge in [0.05, 0.1) is 66.1 Å². The highest BCUT2D eigenvalue weighted by atomic mass is 32.2. The predicted molar refractivity (Wildman–Crippen MR) is 276 cm³/mol. The predicted octanol–water partition coefficient (Wildman–Crippen LogP) is 6.36. The number of benzene rings is 3. The summed E-state index contributed by atoms with van der Waals surface area (Å²) in [4.78, 5) is 50.0. The number of nitrogens with two attached hydrogens (primary N) is 3. The van der Waals surface area contributed by atoms with Gasteiger partial charge < -0.3 is 55.8 Å². The van der Waals surface area contributed by atoms with Gasteiger partial charge in [-0.1, -0.05) is 105 Å². The second-order valence-electron chi connectivity index (χ2n) is 15.0. The molecule has 3 aromatic rings. The Labute approximate surface area is 422 Å². The third-order valence-electron chi connectivity index (χ3n) is 9.60. The average molecular weight is 1010 g/mol. The standard InChI is InChI=1S/C32H42N2O4S.C10H24N2O3.C8H11NO4.CH3F.CH4/c33-19-10-21-36-23-25-38-26-24-37-22-11-20-34-31(35)18-27-39-32(28-12-4-1-5-13-28,29-14-6-2-7-15-29)30-16-8-3-9-17-30;11-3-1-5-13-7-9-15-10-8-14-6-2-4-12;1-2-3-8(12)13-9-6(10)4-5-7(9)11;1-2;/h1-9,12-17H,10-11,18-27,33H2,(H,34,35);1-12H2;2-5H2,1H3;1H3;1H4/i;;;1D;. The van der Waals surface area contributed by atoms with E-state index in [0.29, 0.717) is 129 Å². The van der Waals surface area contributed by atoms with Crippen LogP contribution in [0, 0.1) is 0 Å². The molecular weight excluding hydrogens is 922 g/mol. The van der Waals surface area contributed by atoms with Gasteiger partial charge in [0, 0.05) is 64.4 Å². The molecule has 1 aliphatic heterocycles. The van der Waals surface area contributed by atoms with Crippen LogP contribution in [0.25, 0.3) is 0 Å². The zero-order valence-electron chi connectivity index (χ0n) is 41.7. The molecule has 3 aromatic carbocycles. The lowest BCUT2D eigenvalue weighted by Gasteiger charge is -2.35. The van der Waals surface area contributed by atoms with E-state index in [2.05, 4.69) is 83.0 Å². The van der Waals surface area contributed by atoms with Crippen LogP contribution in [-0.4, -0.2) is 147 Å². The molecule has 1 aliphatic rings. The van der Waals surface area contributed by atoms with E-state index < -0.39 is 29.7 Å². The van der Waals surface area contributed by atoms with Crippen LogP contribution in [0.5, 0.6) is 0 Å². The molecule has 1 fully saturated rings. The van der Waals surface area contributed by atoms with Crippen molar-refractivity contribution in [2.24, 2.45) is 17.2 Å². The summed E-state index contributed by atoms with van der Waals surface area (Å²) in [6, 6.07) is 31.7. The van der Waals surface area contributed by atoms with Crippen LogP contribution >= 0.6 is 11.8 Å². The summed E-state index contributed by atoms with van der Waals surface area (Å²) in [6.45, 7) is 11.8. The maximum atomic E-state index is 12.6. The molecule has 3 amide bonds. The lowest BCUT2D eigenvalue weighted by atomic mass is 9.84. The summed E-state index contributed by atoms with van der Waals surface area (Å²) in [6.07, 6.45) is 5.02. The van der Waals surface area contributed by atoms with Gasteiger partial charge in [-0.2, -0.15) is 0 Å². The topological polar surface area (TPSA) is 226 Å². The molecule has 1 heterocycles. The second-order valence-corrected chi connectivity index (χ2v) is 16.3. The van der Waals surface area contributed by atoms with E-state index in [1.165, 1.54) is 16.7 Å². The first-order valence-corrected chi connectivity index (χ1v) is 24.8. The summed E-state index contributed by atoms with van der Waals surface area (Å²) in [7, 11) is -1.00. The van der Waals surface area contributed by atoms with Crippen molar-refractivity contribution in [3.8, 4) is 0 Å². The Morgan fingerprint density at radius 3 is 1.30 bits per heavy atom. The van der Waals surface area contributed by atoms with E-state index in [1.807, 2.05) is 25.1 Å². The first-order valence-electron chi connectivity index (χ1n) is 24.5. The monoisotopic (exact) mass is 1010 g/mol. The number of halogens is 1. The Kier molecular flexibility index (Phi) is 41.6. The van der Waals surface area contributed by atoms with Gasteiger partial charge in [0.25, 0.3) is 11.8 Å². The molecule has 0 aromatic heterocycles. The number of carbonyl (C=O) groups is 4. The van der Waals surface area contributed by atoms with Crippen molar-refractivity contribution in [1.29, 1.82) is 0 Å². The highest BCUT2D eigenvalue weighted by Crippen LogP contribution is 2.48. The van der Waals surface area contributed by atoms with Crippen LogP contribution in [0.15, 0.2) is 91.0 Å². The van der Waals surface area contributed by atoms with Crippen LogP contribution < -0.4 is 22.5 Å². The minimum absolute atomic E-state index is 0. The van der Waals surface area contributed by atoms with E-state index in [0.717, 1.165) is 25.7 Å². The number of carbonyl (C=O) groups excluding carboxylic acids is 4. The van der Waals surface area contributed by atoms with E-state index in [9.17, 15) is 23.6 Å². The Morgan fingerprint density at radius 2 is 0.957 bits per heavy atom. The van der Waals surface area contributed by atoms with E-state index >= 15 is 0 Å². The number of nitrogens with zero attached hydrogens (tertiary/aromatic N) is 1. The van der Waals surface area contributed by atoms with Gasteiger partial charge in [-0.05, 0) is 68.4 Å². The van der Waals surface area contributed by atoms with E-state index in [4.69, 9.17) is 47.0 Å². The third kappa shape index (κ3) is 29.8. The number of hydrogen-bond donors (Lipinski definition) is 4. The normalized spacial score (nSPS) is 12.0. The quantitative estimate of drug-likeness (QED) is 0.0286. The summed E-state index contributed by atoms with van der Waals surface area (Å²) in [5, 5.41) is 3.60. The minimum Gasteiger partial charge on any atom is -0.379 e. The molecule has 18 heteroatoms. The summed E-state index contributed by atoms with van der Waals surface area (Å²) < 4.78 is 47.3. The van der Waals surface area contributed by atoms with Gasteiger partial charge >= 0.3 is 5.97 Å². The number of nitrogens with one attached hydrogen (secondary N) is 1. The van der Waals surface area contributed by atoms with Crippen molar-refractivity contribution in [2.75, 3.05) is 118 Å². The first-order chi connectivity index (χ1) is 34.2. The van der Waals surface area contributed by atoms with Gasteiger partial charge in [0.1, 0.15) is 0 Å². The summed E-state index contributed by atoms with van der Waals surface area (Å²) in [5.41, 5.74) is 19.7. The fraction of sp³-hybridized carbons (Fsp3) is 0.577. The average Bonchev–Trinajstić information content (AvgIpc) is 3.69. The van der Waals surface area contributed by atoms with Gasteiger partial charge in [0.2, 0.25) is 5.91 Å². The molecule has 70 heavy (non-hydrogen) atoms. The molecule has 0 atom stereocenters. The highest BCUT2D eigenvalue weighted by Gasteiger charge is 2.37. The fourth-order valence-electron chi connectivity index (χ4n) is 6.21. The second kappa shape index (κ2) is 45.8. The van der Waals surface area contributed by atoms with Crippen molar-refractivity contribution in [2.45, 2.75) is 76.9 Å². The zero-order valence-corrected chi connectivity index (χ0v) is 41.5. The van der Waals surface area contributed by atoms with Gasteiger partial charge in [-0.25, -0.2) is 4.79 Å². The number of amides is 3. The van der Waals surface area contributed by atoms with Crippen molar-refractivity contribution in [1.82, 2.24) is 10.4 Å². The van der Waals surface area contributed by atoms with Gasteiger partial charge in [-0.15, -0.1) is 16.8 Å². The number of alkyl halides is 1. The number of hydrogen-bond acceptors (Lipinski definition) is 15. The molecule has 0 bridgehead atoms. The number of imide groups is 1. The Hall–Kier alpha value is -4.34. The Morgan fingerprint density at radius 1 is 0.614 bits per heavy atom. The van der Waals surface area contributed by atoms with Crippen LogP contribution in [0.4, 0.5) is 4.39 Å². The van der Waals surface area contributed by atoms with Crippen molar-refractivity contribution < 1.29 is 58.2 Å². The largest absolute Gasteiger partial charge is 0.379 e. The van der Waals surface area contributed by atoms with Crippen molar-refractivity contribution >= 4 is 35.5 Å². The highest BCUT2D eigenvalue weighted by molar-refractivity contribution is 8.00. The van der Waals surface area contributed by atoms with Crippen LogP contribution in [0.2, 0.25) is 0 Å². The maximum absolute atomic E-state index is 12.6. The van der Waals surface area contributed by atoms with E-state index in [1.54, 1.807) is 11.8 Å². The molecule has 0 unspecified atom stereocenters. The maximum Gasteiger partial charge on any atom is 0.333 e. The molecule has 396 valence electrons. The van der Waals surface area contributed by atoms with E-state index in [-0.39, 0.29) is 32.6 Å². The minimum atomic E-state index is -1.00. The molecule has 0 radical (unpaired) electrons. The molecule has 0 saturated carbocycles. The lowest BCUT2D eigenvalue weighted by Crippen LogP contribution is -2.31. The number of ether oxygens (including phenoxy) is 6. The van der Waals surface area contributed by atoms with Crippen LogP contribution in [0.1, 0.15) is 90.2 Å². The fourth-order valence-corrected chi connectivity index (χ4v) is 7.71. The van der Waals surface area contributed by atoms with Gasteiger partial charge in [0.15, 0.2) is 0 Å². The number of hydroxylamine groups is 2. The first kappa shape index (κ1) is 63.7. The number of rotatable bonds is 35. The molecule has 0 spiro atoms. The number of thioether (sulfide) groups is 1. The smallest absolute Gasteiger partial charge is 0.333 e. The van der Waals surface area contributed by atoms with Crippen molar-refractivity contribution in [3.05, 3.63) is 108 Å². The third-order valence-corrected chi connectivity index (χ3v) is 11.1. The molecular formula is C52H84FN5O11S. The summed E-state index contributed by atoms with van der Waals surface area (Å²) >= 11 is 1.80. The molecule has 7 N–H and O–H groups in total. The molecule has 1 saturated heterocycles. The Bertz CT molecular complexity index is 1610. The van der Waals surface area contributed by atoms with Crippen molar-refractivity contribution in [3.63, 3.8) is 0 Å². The molecule has 0 aliphatic carbocycles. The summed E-state index contributed by atoms with van der Waals surface area (Å²) in [5.74, 6) is -0.660. The SMILES string of the molecule is C.CCCC(=O)ON1C(=O)CCC1=O.NCCCOCCOCCOCCCN.NCCCOCCOCCOCCCNC(=O)CCSC(c1ccccc1)(c1ccccc1)c1ccccc1.[2H]CF. The van der Waals surface area contributed by atoms with Gasteiger partial charge in [-0.3, -0.25) is 18.8 Å². The molecule has 4 rings (SSSR count). The molecule has 16 nitrogen and oxygen atoms in total. The van der Waals surface area contributed by atoms with Crippen LogP contribution in [-0.2, 0) is 57.2 Å². The van der Waals surface area contributed by atoms with Crippen LogP contribution in [0.3, 0.4) is 0 Å². The zero-order chi connectivity index (χ0) is 51.2. The Balaban J connectivity index is 0.00000125. The lowest BCUT2D eigenvalue weighted by molar-refractivity contribution is -0.197.